The van der Waals surface area contributed by atoms with Gasteiger partial charge >= 0.3 is 5.69 Å². The quantitative estimate of drug-likeness (QED) is 0.708. The minimum absolute atomic E-state index is 0.0108. The first-order valence-corrected chi connectivity index (χ1v) is 10.6. The average Bonchev–Trinajstić information content (AvgIpc) is 3.19. The van der Waals surface area contributed by atoms with Crippen molar-refractivity contribution in [2.45, 2.75) is 44.2 Å². The molecule has 2 aliphatic rings. The maximum Gasteiger partial charge on any atom is 0.332 e. The van der Waals surface area contributed by atoms with E-state index in [9.17, 15) is 14.4 Å². The summed E-state index contributed by atoms with van der Waals surface area (Å²) in [6.45, 7) is 3.84. The third-order valence-corrected chi connectivity index (χ3v) is 6.61. The molecule has 2 aromatic rings. The number of aryl methyl sites for hydroxylation is 1. The van der Waals surface area contributed by atoms with E-state index < -0.39 is 11.2 Å². The number of imidazole rings is 1. The Morgan fingerprint density at radius 2 is 1.83 bits per heavy atom. The highest BCUT2D eigenvalue weighted by Crippen LogP contribution is 2.33. The van der Waals surface area contributed by atoms with E-state index in [1.54, 1.807) is 7.05 Å². The highest BCUT2D eigenvalue weighted by atomic mass is 16.5. The third-order valence-electron chi connectivity index (χ3n) is 6.61. The largest absolute Gasteiger partial charge is 0.379 e. The molecule has 10 nitrogen and oxygen atoms in total. The van der Waals surface area contributed by atoms with Gasteiger partial charge < -0.3 is 14.6 Å². The number of aromatic nitrogens is 4. The van der Waals surface area contributed by atoms with Gasteiger partial charge in [-0.1, -0.05) is 19.3 Å². The molecule has 1 saturated carbocycles. The van der Waals surface area contributed by atoms with Crippen molar-refractivity contribution in [2.75, 3.05) is 32.8 Å². The number of nitrogens with one attached hydrogen (secondary N) is 1. The van der Waals surface area contributed by atoms with Crippen molar-refractivity contribution in [3.05, 3.63) is 27.2 Å². The summed E-state index contributed by atoms with van der Waals surface area (Å²) in [5.74, 6) is -0.164. The van der Waals surface area contributed by atoms with Crippen molar-refractivity contribution in [1.82, 2.24) is 28.9 Å². The highest BCUT2D eigenvalue weighted by Gasteiger charge is 2.38. The van der Waals surface area contributed by atoms with Crippen molar-refractivity contribution in [2.24, 2.45) is 14.1 Å². The minimum atomic E-state index is -0.449. The molecule has 3 heterocycles. The Kier molecular flexibility index (Phi) is 5.79. The average molecular weight is 418 g/mol. The Bertz CT molecular complexity index is 1040. The molecule has 30 heavy (non-hydrogen) atoms. The standard InChI is InChI=1S/C20H30N6O4/c1-23-17-16(18(28)24(2)19(23)29)25(14-22-17)12-15(27)21-13-20(6-4-3-5-7-20)26-8-10-30-11-9-26/h14H,3-13H2,1-2H3,(H,21,27). The normalized spacial score (nSPS) is 19.8. The van der Waals surface area contributed by atoms with Gasteiger partial charge in [0.15, 0.2) is 11.2 Å². The summed E-state index contributed by atoms with van der Waals surface area (Å²) in [5.41, 5.74) is -0.361. The Labute approximate surface area is 174 Å². The lowest BCUT2D eigenvalue weighted by Gasteiger charge is -2.48. The SMILES string of the molecule is Cn1c(=O)c2c(ncn2CC(=O)NCC2(N3CCOCC3)CCCCC2)n(C)c1=O. The van der Waals surface area contributed by atoms with Crippen LogP contribution in [0.1, 0.15) is 32.1 Å². The van der Waals surface area contributed by atoms with E-state index in [0.29, 0.717) is 6.54 Å². The van der Waals surface area contributed by atoms with Crippen LogP contribution in [0.2, 0.25) is 0 Å². The van der Waals surface area contributed by atoms with Gasteiger partial charge in [-0.05, 0) is 12.8 Å². The molecule has 1 amide bonds. The molecule has 0 atom stereocenters. The van der Waals surface area contributed by atoms with Gasteiger partial charge in [-0.15, -0.1) is 0 Å². The van der Waals surface area contributed by atoms with Crippen LogP contribution in [0.4, 0.5) is 0 Å². The summed E-state index contributed by atoms with van der Waals surface area (Å²) in [4.78, 5) is 44.1. The zero-order chi connectivity index (χ0) is 21.3. The lowest BCUT2D eigenvalue weighted by Crippen LogP contribution is -2.59. The first-order valence-electron chi connectivity index (χ1n) is 10.6. The van der Waals surface area contributed by atoms with E-state index in [-0.39, 0.29) is 29.2 Å². The number of carbonyl (C=O) groups is 1. The Balaban J connectivity index is 1.50. The predicted octanol–water partition coefficient (Wildman–Crippen LogP) is -0.415. The molecule has 0 bridgehead atoms. The molecule has 0 radical (unpaired) electrons. The summed E-state index contributed by atoms with van der Waals surface area (Å²) in [7, 11) is 2.99. The second-order valence-electron chi connectivity index (χ2n) is 8.41. The molecule has 0 spiro atoms. The van der Waals surface area contributed by atoms with E-state index in [1.165, 1.54) is 41.8 Å². The van der Waals surface area contributed by atoms with E-state index >= 15 is 0 Å². The molecule has 0 aromatic carbocycles. The van der Waals surface area contributed by atoms with Gasteiger partial charge in [-0.25, -0.2) is 9.78 Å². The number of hydrogen-bond donors (Lipinski definition) is 1. The Morgan fingerprint density at radius 3 is 2.53 bits per heavy atom. The maximum absolute atomic E-state index is 12.8. The van der Waals surface area contributed by atoms with Crippen LogP contribution in [0, 0.1) is 0 Å². The van der Waals surface area contributed by atoms with Crippen molar-refractivity contribution >= 4 is 17.1 Å². The predicted molar refractivity (Wildman–Crippen MR) is 111 cm³/mol. The zero-order valence-corrected chi connectivity index (χ0v) is 17.7. The van der Waals surface area contributed by atoms with Crippen LogP contribution in [0.5, 0.6) is 0 Å². The number of carbonyl (C=O) groups excluding carboxylic acids is 1. The molecule has 1 N–H and O–H groups in total. The lowest BCUT2D eigenvalue weighted by atomic mass is 9.79. The molecule has 2 fully saturated rings. The van der Waals surface area contributed by atoms with Gasteiger partial charge in [-0.3, -0.25) is 23.6 Å². The zero-order valence-electron chi connectivity index (χ0n) is 17.7. The van der Waals surface area contributed by atoms with Crippen LogP contribution in [-0.4, -0.2) is 67.9 Å². The number of ether oxygens (including phenoxy) is 1. The maximum atomic E-state index is 12.8. The van der Waals surface area contributed by atoms with Crippen LogP contribution >= 0.6 is 0 Å². The van der Waals surface area contributed by atoms with Crippen LogP contribution < -0.4 is 16.6 Å². The molecular weight excluding hydrogens is 388 g/mol. The summed E-state index contributed by atoms with van der Waals surface area (Å²) in [6.07, 6.45) is 7.17. The summed E-state index contributed by atoms with van der Waals surface area (Å²) >= 11 is 0. The van der Waals surface area contributed by atoms with Crippen molar-refractivity contribution < 1.29 is 9.53 Å². The topological polar surface area (TPSA) is 103 Å². The Morgan fingerprint density at radius 1 is 1.13 bits per heavy atom. The molecule has 1 aliphatic heterocycles. The van der Waals surface area contributed by atoms with E-state index in [1.807, 2.05) is 0 Å². The lowest BCUT2D eigenvalue weighted by molar-refractivity contribution is -0.122. The van der Waals surface area contributed by atoms with Crippen molar-refractivity contribution in [3.8, 4) is 0 Å². The smallest absolute Gasteiger partial charge is 0.332 e. The number of fused-ring (bicyclic) bond motifs is 1. The summed E-state index contributed by atoms with van der Waals surface area (Å²) in [6, 6.07) is 0. The Hall–Kier alpha value is -2.46. The number of amides is 1. The molecule has 2 aromatic heterocycles. The fraction of sp³-hybridized carbons (Fsp3) is 0.700. The molecule has 1 saturated heterocycles. The van der Waals surface area contributed by atoms with Crippen LogP contribution in [0.15, 0.2) is 15.9 Å². The number of rotatable bonds is 5. The second kappa shape index (κ2) is 8.35. The molecule has 10 heteroatoms. The van der Waals surface area contributed by atoms with E-state index in [0.717, 1.165) is 43.7 Å². The van der Waals surface area contributed by atoms with Gasteiger partial charge in [0.05, 0.1) is 19.5 Å². The van der Waals surface area contributed by atoms with E-state index in [4.69, 9.17) is 4.74 Å². The number of nitrogens with zero attached hydrogens (tertiary/aromatic N) is 5. The van der Waals surface area contributed by atoms with Crippen molar-refractivity contribution in [1.29, 1.82) is 0 Å². The number of morpholine rings is 1. The molecule has 4 rings (SSSR count). The minimum Gasteiger partial charge on any atom is -0.379 e. The molecule has 164 valence electrons. The van der Waals surface area contributed by atoms with Crippen LogP contribution in [0.25, 0.3) is 11.2 Å². The van der Waals surface area contributed by atoms with Crippen LogP contribution in [0.3, 0.4) is 0 Å². The third kappa shape index (κ3) is 3.69. The van der Waals surface area contributed by atoms with Gasteiger partial charge in [0.1, 0.15) is 6.54 Å². The highest BCUT2D eigenvalue weighted by molar-refractivity contribution is 5.78. The van der Waals surface area contributed by atoms with Gasteiger partial charge in [0.2, 0.25) is 5.91 Å². The van der Waals surface area contributed by atoms with Crippen molar-refractivity contribution in [3.63, 3.8) is 0 Å². The number of hydrogen-bond acceptors (Lipinski definition) is 6. The fourth-order valence-electron chi connectivity index (χ4n) is 4.84. The second-order valence-corrected chi connectivity index (χ2v) is 8.41. The molecular formula is C20H30N6O4. The first kappa shape index (κ1) is 20.8. The van der Waals surface area contributed by atoms with Crippen LogP contribution in [-0.2, 0) is 30.2 Å². The molecule has 0 unspecified atom stereocenters. The monoisotopic (exact) mass is 418 g/mol. The summed E-state index contributed by atoms with van der Waals surface area (Å²) < 4.78 is 9.39. The first-order chi connectivity index (χ1) is 14.4. The van der Waals surface area contributed by atoms with Gasteiger partial charge in [0, 0.05) is 39.3 Å². The van der Waals surface area contributed by atoms with Gasteiger partial charge in [0.25, 0.3) is 5.56 Å². The molecule has 1 aliphatic carbocycles. The fourth-order valence-corrected chi connectivity index (χ4v) is 4.84. The van der Waals surface area contributed by atoms with Gasteiger partial charge in [-0.2, -0.15) is 0 Å². The van der Waals surface area contributed by atoms with E-state index in [2.05, 4.69) is 15.2 Å². The summed E-state index contributed by atoms with van der Waals surface area (Å²) in [5, 5.41) is 3.11.